The summed E-state index contributed by atoms with van der Waals surface area (Å²) in [6.07, 6.45) is 0.475. The maximum absolute atomic E-state index is 13.3. The summed E-state index contributed by atoms with van der Waals surface area (Å²) in [6, 6.07) is 15.0. The zero-order valence-electron chi connectivity index (χ0n) is 24.9. The zero-order valence-corrected chi connectivity index (χ0v) is 25.7. The number of nitrogens with zero attached hydrogens (tertiary/aromatic N) is 1. The normalized spacial score (nSPS) is 17.7. The standard InChI is InChI=1S/C31H35N5O4S.CH4O/c1-31(2)24-7-5-4-6-22(24)23-12-19(8-9-25(23)31)29(38)35-14-27(37)36-15-18(16-40-3)10-26(36)30(39)34-13-21-11-20(17-41-21)28(32)33;1-2/h4-9,11-12,17-18,26H,10,13-16H2,1-3H3,(H3,32,33)(H,34,39)(H,35,38);2H,1H3. The third-order valence-corrected chi connectivity index (χ3v) is 9.00. The topological polar surface area (TPSA) is 158 Å². The van der Waals surface area contributed by atoms with E-state index in [1.165, 1.54) is 27.4 Å². The molecule has 0 spiro atoms. The molecule has 6 N–H and O–H groups in total. The molecule has 3 amide bonds. The molecule has 0 radical (unpaired) electrons. The van der Waals surface area contributed by atoms with Crippen molar-refractivity contribution in [1.82, 2.24) is 15.5 Å². The van der Waals surface area contributed by atoms with Crippen molar-refractivity contribution in [3.05, 3.63) is 81.0 Å². The Kier molecular flexibility index (Phi) is 10.0. The van der Waals surface area contributed by atoms with Crippen molar-refractivity contribution < 1.29 is 24.2 Å². The van der Waals surface area contributed by atoms with E-state index in [9.17, 15) is 14.4 Å². The Balaban J connectivity index is 0.00000207. The minimum atomic E-state index is -0.662. The number of thiophene rings is 1. The zero-order chi connectivity index (χ0) is 31.3. The number of ether oxygens (including phenoxy) is 1. The predicted molar refractivity (Wildman–Crippen MR) is 167 cm³/mol. The molecule has 2 unspecified atom stereocenters. The molecule has 43 heavy (non-hydrogen) atoms. The summed E-state index contributed by atoms with van der Waals surface area (Å²) in [5, 5.41) is 22.0. The first-order valence-electron chi connectivity index (χ1n) is 14.1. The Morgan fingerprint density at radius 2 is 1.79 bits per heavy atom. The lowest BCUT2D eigenvalue weighted by molar-refractivity contribution is -0.137. The number of amidine groups is 1. The van der Waals surface area contributed by atoms with Gasteiger partial charge in [0.15, 0.2) is 0 Å². The van der Waals surface area contributed by atoms with Crippen LogP contribution in [-0.4, -0.2) is 73.5 Å². The molecule has 0 bridgehead atoms. The molecule has 1 saturated heterocycles. The van der Waals surface area contributed by atoms with E-state index in [0.29, 0.717) is 30.7 Å². The van der Waals surface area contributed by atoms with Gasteiger partial charge in [0.2, 0.25) is 11.8 Å². The van der Waals surface area contributed by atoms with Crippen LogP contribution in [0.5, 0.6) is 0 Å². The van der Waals surface area contributed by atoms with E-state index in [2.05, 4.69) is 36.6 Å². The Bertz CT molecular complexity index is 1520. The number of aliphatic hydroxyl groups is 1. The van der Waals surface area contributed by atoms with Crippen LogP contribution in [0, 0.1) is 11.3 Å². The second kappa shape index (κ2) is 13.5. The lowest BCUT2D eigenvalue weighted by atomic mass is 9.82. The summed E-state index contributed by atoms with van der Waals surface area (Å²) in [5.74, 6) is -0.928. The van der Waals surface area contributed by atoms with Crippen molar-refractivity contribution in [3.8, 4) is 11.1 Å². The van der Waals surface area contributed by atoms with E-state index in [1.807, 2.05) is 24.3 Å². The van der Waals surface area contributed by atoms with Crippen LogP contribution in [0.25, 0.3) is 11.1 Å². The molecule has 1 aromatic heterocycles. The highest BCUT2D eigenvalue weighted by Gasteiger charge is 2.39. The fraction of sp³-hybridized carbons (Fsp3) is 0.375. The summed E-state index contributed by atoms with van der Waals surface area (Å²) in [6.45, 7) is 5.23. The van der Waals surface area contributed by atoms with Gasteiger partial charge < -0.3 is 31.1 Å². The number of nitrogen functional groups attached to an aromatic ring is 1. The molecule has 1 aliphatic heterocycles. The SMILES string of the molecule is CO.COCC1CC(C(=O)NCc2cc(C(=N)N)cs2)N(C(=O)CNC(=O)c2ccc3c(c2)-c2ccccc2C3(C)C)C1. The minimum Gasteiger partial charge on any atom is -0.400 e. The van der Waals surface area contributed by atoms with Gasteiger partial charge in [-0.1, -0.05) is 44.2 Å². The molecule has 2 heterocycles. The molecule has 11 heteroatoms. The van der Waals surface area contributed by atoms with Crippen LogP contribution in [0.15, 0.2) is 53.9 Å². The number of carbonyl (C=O) groups is 3. The van der Waals surface area contributed by atoms with E-state index < -0.39 is 6.04 Å². The van der Waals surface area contributed by atoms with Crippen LogP contribution in [0.3, 0.4) is 0 Å². The molecule has 2 aliphatic rings. The lowest BCUT2D eigenvalue weighted by Gasteiger charge is -2.24. The predicted octanol–water partition coefficient (Wildman–Crippen LogP) is 2.86. The van der Waals surface area contributed by atoms with Crippen molar-refractivity contribution in [2.45, 2.75) is 38.3 Å². The molecule has 2 aromatic carbocycles. The number of benzene rings is 2. The Labute approximate surface area is 255 Å². The smallest absolute Gasteiger partial charge is 0.251 e. The van der Waals surface area contributed by atoms with E-state index >= 15 is 0 Å². The number of rotatable bonds is 9. The van der Waals surface area contributed by atoms with Gasteiger partial charge in [0.05, 0.1) is 19.7 Å². The van der Waals surface area contributed by atoms with Gasteiger partial charge >= 0.3 is 0 Å². The van der Waals surface area contributed by atoms with Crippen molar-refractivity contribution in [2.75, 3.05) is 33.9 Å². The van der Waals surface area contributed by atoms with Crippen molar-refractivity contribution in [1.29, 1.82) is 5.41 Å². The fourth-order valence-corrected chi connectivity index (χ4v) is 6.75. The van der Waals surface area contributed by atoms with Crippen LogP contribution in [0.4, 0.5) is 0 Å². The third kappa shape index (κ3) is 6.64. The Hall–Kier alpha value is -4.06. The minimum absolute atomic E-state index is 0.0154. The summed E-state index contributed by atoms with van der Waals surface area (Å²) >= 11 is 1.41. The van der Waals surface area contributed by atoms with E-state index in [0.717, 1.165) is 23.1 Å². The summed E-state index contributed by atoms with van der Waals surface area (Å²) < 4.78 is 5.30. The maximum atomic E-state index is 13.3. The average Bonchev–Trinajstić information content (AvgIpc) is 3.72. The third-order valence-electron chi connectivity index (χ3n) is 8.06. The largest absolute Gasteiger partial charge is 0.400 e. The molecule has 0 saturated carbocycles. The molecular formula is C32H39N5O5S. The molecule has 1 aliphatic carbocycles. The van der Waals surface area contributed by atoms with Gasteiger partial charge in [-0.15, -0.1) is 11.3 Å². The Morgan fingerprint density at radius 1 is 1.07 bits per heavy atom. The molecule has 5 rings (SSSR count). The van der Waals surface area contributed by atoms with E-state index in [4.69, 9.17) is 21.0 Å². The number of amides is 3. The summed E-state index contributed by atoms with van der Waals surface area (Å²) in [4.78, 5) is 42.0. The number of fused-ring (bicyclic) bond motifs is 3. The van der Waals surface area contributed by atoms with Gasteiger partial charge in [-0.3, -0.25) is 19.8 Å². The molecule has 3 aromatic rings. The number of carbonyl (C=O) groups excluding carboxylic acids is 3. The van der Waals surface area contributed by atoms with Crippen LogP contribution >= 0.6 is 11.3 Å². The number of nitrogens with one attached hydrogen (secondary N) is 3. The van der Waals surface area contributed by atoms with Gasteiger partial charge in [0.1, 0.15) is 11.9 Å². The van der Waals surface area contributed by atoms with Crippen molar-refractivity contribution in [3.63, 3.8) is 0 Å². The molecule has 1 fully saturated rings. The molecule has 10 nitrogen and oxygen atoms in total. The number of hydrogen-bond donors (Lipinski definition) is 5. The summed E-state index contributed by atoms with van der Waals surface area (Å²) in [7, 11) is 2.60. The van der Waals surface area contributed by atoms with Gasteiger partial charge in [-0.05, 0) is 46.9 Å². The second-order valence-electron chi connectivity index (χ2n) is 11.2. The van der Waals surface area contributed by atoms with Gasteiger partial charge in [-0.2, -0.15) is 0 Å². The molecule has 2 atom stereocenters. The van der Waals surface area contributed by atoms with Crippen LogP contribution < -0.4 is 16.4 Å². The van der Waals surface area contributed by atoms with Gasteiger partial charge in [0.25, 0.3) is 5.91 Å². The highest BCUT2D eigenvalue weighted by molar-refractivity contribution is 7.10. The van der Waals surface area contributed by atoms with Crippen molar-refractivity contribution >= 4 is 34.9 Å². The highest BCUT2D eigenvalue weighted by Crippen LogP contribution is 2.48. The average molecular weight is 606 g/mol. The lowest BCUT2D eigenvalue weighted by Crippen LogP contribution is -2.48. The Morgan fingerprint density at radius 3 is 2.49 bits per heavy atom. The van der Waals surface area contributed by atoms with E-state index in [-0.39, 0.29) is 48.0 Å². The number of hydrogen-bond acceptors (Lipinski definition) is 7. The van der Waals surface area contributed by atoms with Crippen LogP contribution in [0.2, 0.25) is 0 Å². The van der Waals surface area contributed by atoms with Gasteiger partial charge in [0, 0.05) is 53.5 Å². The number of aliphatic hydroxyl groups excluding tert-OH is 1. The molecular weight excluding hydrogens is 566 g/mol. The van der Waals surface area contributed by atoms with Crippen molar-refractivity contribution in [2.24, 2.45) is 11.7 Å². The first-order valence-corrected chi connectivity index (χ1v) is 14.9. The summed E-state index contributed by atoms with van der Waals surface area (Å²) in [5.41, 5.74) is 11.0. The van der Waals surface area contributed by atoms with E-state index in [1.54, 1.807) is 24.6 Å². The number of likely N-dealkylation sites (tertiary alicyclic amines) is 1. The van der Waals surface area contributed by atoms with Crippen LogP contribution in [-0.2, 0) is 26.3 Å². The second-order valence-corrected chi connectivity index (χ2v) is 12.2. The van der Waals surface area contributed by atoms with Gasteiger partial charge in [-0.25, -0.2) is 0 Å². The first kappa shape index (κ1) is 31.9. The highest BCUT2D eigenvalue weighted by atomic mass is 32.1. The monoisotopic (exact) mass is 605 g/mol. The fourth-order valence-electron chi connectivity index (χ4n) is 5.93. The maximum Gasteiger partial charge on any atom is 0.251 e. The number of methoxy groups -OCH3 is 1. The quantitative estimate of drug-likeness (QED) is 0.186. The first-order chi connectivity index (χ1) is 20.6. The number of nitrogens with two attached hydrogens (primary N) is 1. The molecule has 228 valence electrons. The van der Waals surface area contributed by atoms with Crippen LogP contribution in [0.1, 0.15) is 52.2 Å².